The minimum atomic E-state index is -4.60. The molecule has 1 aromatic rings. The average molecular weight is 298 g/mol. The third kappa shape index (κ3) is 3.74. The highest BCUT2D eigenvalue weighted by molar-refractivity contribution is 7.89. The van der Waals surface area contributed by atoms with Gasteiger partial charge in [0, 0.05) is 5.69 Å². The first-order valence-corrected chi connectivity index (χ1v) is 6.62. The molecule has 5 nitrogen and oxygen atoms in total. The van der Waals surface area contributed by atoms with Crippen LogP contribution < -0.4 is 15.2 Å². The molecule has 1 rings (SSSR count). The molecule has 0 amide bonds. The average Bonchev–Trinajstić information content (AvgIpc) is 2.30. The Morgan fingerprint density at radius 2 is 1.95 bits per heavy atom. The van der Waals surface area contributed by atoms with Gasteiger partial charge in [0.25, 0.3) is 0 Å². The normalized spacial score (nSPS) is 14.2. The number of nitrogens with two attached hydrogens (primary N) is 1. The van der Waals surface area contributed by atoms with Crippen LogP contribution >= 0.6 is 0 Å². The second-order valence-electron chi connectivity index (χ2n) is 3.72. The van der Waals surface area contributed by atoms with E-state index >= 15 is 0 Å². The number of sulfonamides is 1. The summed E-state index contributed by atoms with van der Waals surface area (Å²) in [4.78, 5) is -0.439. The first-order chi connectivity index (χ1) is 8.58. The van der Waals surface area contributed by atoms with Crippen molar-refractivity contribution in [3.05, 3.63) is 18.2 Å². The standard InChI is InChI=1S/C10H13F3N2O3S/c1-6(10(11,12)13)18-8-4-3-7(14)5-9(8)19(16,17)15-2/h3-6,15H,14H2,1-2H3. The van der Waals surface area contributed by atoms with E-state index in [9.17, 15) is 21.6 Å². The second-order valence-corrected chi connectivity index (χ2v) is 5.57. The van der Waals surface area contributed by atoms with Crippen molar-refractivity contribution in [3.63, 3.8) is 0 Å². The van der Waals surface area contributed by atoms with Gasteiger partial charge in [0.2, 0.25) is 10.0 Å². The van der Waals surface area contributed by atoms with E-state index < -0.39 is 32.9 Å². The Morgan fingerprint density at radius 3 is 2.42 bits per heavy atom. The van der Waals surface area contributed by atoms with E-state index in [1.807, 2.05) is 4.72 Å². The molecule has 0 aliphatic heterocycles. The third-order valence-electron chi connectivity index (χ3n) is 2.29. The fourth-order valence-corrected chi connectivity index (χ4v) is 2.09. The lowest BCUT2D eigenvalue weighted by Gasteiger charge is -2.19. The molecular formula is C10H13F3N2O3S. The molecule has 1 atom stereocenters. The maximum absolute atomic E-state index is 12.4. The van der Waals surface area contributed by atoms with E-state index in [2.05, 4.69) is 4.74 Å². The molecule has 0 bridgehead atoms. The van der Waals surface area contributed by atoms with Crippen LogP contribution in [0.3, 0.4) is 0 Å². The van der Waals surface area contributed by atoms with Gasteiger partial charge in [-0.2, -0.15) is 13.2 Å². The number of hydrogen-bond acceptors (Lipinski definition) is 4. The van der Waals surface area contributed by atoms with Crippen molar-refractivity contribution in [2.24, 2.45) is 0 Å². The van der Waals surface area contributed by atoms with Gasteiger partial charge in [0.05, 0.1) is 0 Å². The van der Waals surface area contributed by atoms with Gasteiger partial charge in [0.1, 0.15) is 10.6 Å². The topological polar surface area (TPSA) is 81.4 Å². The number of ether oxygens (including phenoxy) is 1. The van der Waals surface area contributed by atoms with Crippen LogP contribution in [-0.2, 0) is 10.0 Å². The first-order valence-electron chi connectivity index (χ1n) is 5.14. The van der Waals surface area contributed by atoms with Crippen LogP contribution in [0.25, 0.3) is 0 Å². The molecule has 9 heteroatoms. The number of rotatable bonds is 4. The van der Waals surface area contributed by atoms with Crippen molar-refractivity contribution in [1.82, 2.24) is 4.72 Å². The summed E-state index contributed by atoms with van der Waals surface area (Å²) in [7, 11) is -2.83. The Labute approximate surface area is 108 Å². The van der Waals surface area contributed by atoms with E-state index in [1.54, 1.807) is 0 Å². The monoisotopic (exact) mass is 298 g/mol. The molecule has 3 N–H and O–H groups in total. The molecule has 19 heavy (non-hydrogen) atoms. The quantitative estimate of drug-likeness (QED) is 0.826. The summed E-state index contributed by atoms with van der Waals surface area (Å²) < 4.78 is 67.2. The van der Waals surface area contributed by atoms with Crippen LogP contribution in [0.4, 0.5) is 18.9 Å². The zero-order chi connectivity index (χ0) is 14.8. The van der Waals surface area contributed by atoms with Crippen LogP contribution in [0.5, 0.6) is 5.75 Å². The van der Waals surface area contributed by atoms with Crippen molar-refractivity contribution in [3.8, 4) is 5.75 Å². The fraction of sp³-hybridized carbons (Fsp3) is 0.400. The van der Waals surface area contributed by atoms with Gasteiger partial charge in [-0.3, -0.25) is 0 Å². The summed E-state index contributed by atoms with van der Waals surface area (Å²) in [6.07, 6.45) is -6.73. The number of nitrogen functional groups attached to an aromatic ring is 1. The maximum atomic E-state index is 12.4. The van der Waals surface area contributed by atoms with Crippen LogP contribution in [0.1, 0.15) is 6.92 Å². The predicted molar refractivity (Wildman–Crippen MR) is 63.2 cm³/mol. The molecule has 1 aromatic carbocycles. The van der Waals surface area contributed by atoms with Crippen LogP contribution in [0.15, 0.2) is 23.1 Å². The number of alkyl halides is 3. The van der Waals surface area contributed by atoms with Gasteiger partial charge in [-0.05, 0) is 32.2 Å². The SMILES string of the molecule is CNS(=O)(=O)c1cc(N)ccc1OC(C)C(F)(F)F. The number of halogens is 3. The Bertz CT molecular complexity index is 558. The van der Waals surface area contributed by atoms with Gasteiger partial charge in [-0.25, -0.2) is 13.1 Å². The third-order valence-corrected chi connectivity index (χ3v) is 3.73. The second kappa shape index (κ2) is 5.25. The van der Waals surface area contributed by atoms with Crippen LogP contribution in [0.2, 0.25) is 0 Å². The molecule has 0 aromatic heterocycles. The molecule has 0 fully saturated rings. The predicted octanol–water partition coefficient (Wildman–Crippen LogP) is 1.51. The Balaban J connectivity index is 3.23. The molecular weight excluding hydrogens is 285 g/mol. The molecule has 0 heterocycles. The van der Waals surface area contributed by atoms with Crippen molar-refractivity contribution in [2.75, 3.05) is 12.8 Å². The smallest absolute Gasteiger partial charge is 0.425 e. The Kier molecular flexibility index (Phi) is 4.31. The van der Waals surface area contributed by atoms with E-state index in [-0.39, 0.29) is 5.69 Å². The lowest BCUT2D eigenvalue weighted by molar-refractivity contribution is -0.189. The summed E-state index contributed by atoms with van der Waals surface area (Å²) in [6.45, 7) is 0.784. The highest BCUT2D eigenvalue weighted by Crippen LogP contribution is 2.30. The van der Waals surface area contributed by atoms with Crippen molar-refractivity contribution < 1.29 is 26.3 Å². The summed E-state index contributed by atoms with van der Waals surface area (Å²) >= 11 is 0. The zero-order valence-electron chi connectivity index (χ0n) is 10.2. The Hall–Kier alpha value is -1.48. The van der Waals surface area contributed by atoms with Crippen LogP contribution in [0, 0.1) is 0 Å². The van der Waals surface area contributed by atoms with Gasteiger partial charge in [-0.1, -0.05) is 0 Å². The zero-order valence-corrected chi connectivity index (χ0v) is 11.0. The summed E-state index contributed by atoms with van der Waals surface area (Å²) in [5, 5.41) is 0. The molecule has 108 valence electrons. The molecule has 0 saturated heterocycles. The number of hydrogen-bond donors (Lipinski definition) is 2. The van der Waals surface area contributed by atoms with Gasteiger partial charge < -0.3 is 10.5 Å². The minimum Gasteiger partial charge on any atom is -0.480 e. The van der Waals surface area contributed by atoms with E-state index in [4.69, 9.17) is 5.73 Å². The lowest BCUT2D eigenvalue weighted by Crippen LogP contribution is -2.32. The van der Waals surface area contributed by atoms with E-state index in [0.29, 0.717) is 0 Å². The largest absolute Gasteiger partial charge is 0.480 e. The lowest BCUT2D eigenvalue weighted by atomic mass is 10.3. The molecule has 0 aliphatic carbocycles. The van der Waals surface area contributed by atoms with E-state index in [1.165, 1.54) is 6.07 Å². The minimum absolute atomic E-state index is 0.0980. The molecule has 0 spiro atoms. The molecule has 0 aliphatic rings. The van der Waals surface area contributed by atoms with Gasteiger partial charge >= 0.3 is 6.18 Å². The number of benzene rings is 1. The summed E-state index contributed by atoms with van der Waals surface area (Å²) in [6, 6.07) is 3.37. The van der Waals surface area contributed by atoms with Gasteiger partial charge in [-0.15, -0.1) is 0 Å². The number of nitrogens with one attached hydrogen (secondary N) is 1. The summed E-state index contributed by atoms with van der Waals surface area (Å²) in [5.74, 6) is -0.409. The molecule has 1 unspecified atom stereocenters. The fourth-order valence-electron chi connectivity index (χ4n) is 1.20. The van der Waals surface area contributed by atoms with Crippen molar-refractivity contribution in [2.45, 2.75) is 24.1 Å². The molecule has 0 saturated carbocycles. The van der Waals surface area contributed by atoms with Crippen molar-refractivity contribution in [1.29, 1.82) is 0 Å². The van der Waals surface area contributed by atoms with Crippen LogP contribution in [-0.4, -0.2) is 27.7 Å². The highest BCUT2D eigenvalue weighted by Gasteiger charge is 2.38. The van der Waals surface area contributed by atoms with Crippen molar-refractivity contribution >= 4 is 15.7 Å². The highest BCUT2D eigenvalue weighted by atomic mass is 32.2. The number of anilines is 1. The molecule has 0 radical (unpaired) electrons. The van der Waals surface area contributed by atoms with E-state index in [0.717, 1.165) is 26.1 Å². The summed E-state index contributed by atoms with van der Waals surface area (Å²) in [5.41, 5.74) is 5.52. The maximum Gasteiger partial charge on any atom is 0.425 e. The van der Waals surface area contributed by atoms with Gasteiger partial charge in [0.15, 0.2) is 6.10 Å². The first kappa shape index (κ1) is 15.6. The Morgan fingerprint density at radius 1 is 1.37 bits per heavy atom.